The van der Waals surface area contributed by atoms with E-state index in [1.807, 2.05) is 13.0 Å². The predicted octanol–water partition coefficient (Wildman–Crippen LogP) is 6.33. The highest BCUT2D eigenvalue weighted by atomic mass is 35.5. The third kappa shape index (κ3) is 9.47. The molecule has 0 radical (unpaired) electrons. The molecular formula is C28H44ClN3O3. The van der Waals surface area contributed by atoms with Crippen LogP contribution in [0.3, 0.4) is 0 Å². The quantitative estimate of drug-likeness (QED) is 0.246. The number of amides is 3. The first-order valence-electron chi connectivity index (χ1n) is 13.5. The smallest absolute Gasteiger partial charge is 0.248 e. The molecule has 0 aromatic heterocycles. The van der Waals surface area contributed by atoms with Crippen LogP contribution in [0.25, 0.3) is 0 Å². The number of nitrogens with zero attached hydrogens (tertiary/aromatic N) is 3. The zero-order valence-electron chi connectivity index (χ0n) is 22.0. The van der Waals surface area contributed by atoms with Gasteiger partial charge in [0.05, 0.1) is 6.54 Å². The van der Waals surface area contributed by atoms with Crippen LogP contribution in [0.1, 0.15) is 96.5 Å². The van der Waals surface area contributed by atoms with Crippen molar-refractivity contribution >= 4 is 35.0 Å². The summed E-state index contributed by atoms with van der Waals surface area (Å²) in [7, 11) is 0. The normalized spacial score (nSPS) is 13.5. The molecule has 0 spiro atoms. The predicted molar refractivity (Wildman–Crippen MR) is 144 cm³/mol. The number of carbonyl (C=O) groups excluding carboxylic acids is 3. The Bertz CT molecular complexity index is 830. The second-order valence-electron chi connectivity index (χ2n) is 9.69. The summed E-state index contributed by atoms with van der Waals surface area (Å²) < 4.78 is 0. The maximum absolute atomic E-state index is 13.0. The number of rotatable bonds is 16. The summed E-state index contributed by atoms with van der Waals surface area (Å²) in [4.78, 5) is 43.4. The van der Waals surface area contributed by atoms with Gasteiger partial charge in [0.1, 0.15) is 13.2 Å². The molecule has 7 heteroatoms. The Morgan fingerprint density at radius 3 is 2.23 bits per heavy atom. The van der Waals surface area contributed by atoms with Gasteiger partial charge in [-0.05, 0) is 37.5 Å². The van der Waals surface area contributed by atoms with Crippen LogP contribution in [0.5, 0.6) is 0 Å². The highest BCUT2D eigenvalue weighted by molar-refractivity contribution is 6.31. The molecule has 3 amide bonds. The van der Waals surface area contributed by atoms with E-state index < -0.39 is 0 Å². The fraction of sp³-hybridized carbons (Fsp3) is 0.679. The molecule has 1 aromatic carbocycles. The average Bonchev–Trinajstić information content (AvgIpc) is 3.23. The topological polar surface area (TPSA) is 60.9 Å². The lowest BCUT2D eigenvalue weighted by atomic mass is 10.1. The summed E-state index contributed by atoms with van der Waals surface area (Å²) in [5.41, 5.74) is 1.54. The van der Waals surface area contributed by atoms with E-state index in [2.05, 4.69) is 13.8 Å². The summed E-state index contributed by atoms with van der Waals surface area (Å²) in [6.45, 7) is 7.01. The van der Waals surface area contributed by atoms with Crippen molar-refractivity contribution in [2.24, 2.45) is 0 Å². The minimum Gasteiger partial charge on any atom is -0.333 e. The highest BCUT2D eigenvalue weighted by Gasteiger charge is 2.33. The summed E-state index contributed by atoms with van der Waals surface area (Å²) in [6, 6.07) is 5.43. The Labute approximate surface area is 217 Å². The van der Waals surface area contributed by atoms with E-state index >= 15 is 0 Å². The summed E-state index contributed by atoms with van der Waals surface area (Å²) >= 11 is 6.22. The molecule has 1 aliphatic rings. The van der Waals surface area contributed by atoms with Gasteiger partial charge < -0.3 is 9.80 Å². The number of carbonyl (C=O) groups is 3. The first kappa shape index (κ1) is 29.2. The number of unbranched alkanes of at least 4 members (excludes halogenated alkanes) is 9. The van der Waals surface area contributed by atoms with Crippen molar-refractivity contribution in [1.82, 2.24) is 9.80 Å². The number of hydrogen-bond donors (Lipinski definition) is 0. The second-order valence-corrected chi connectivity index (χ2v) is 10.1. The zero-order chi connectivity index (χ0) is 25.6. The fourth-order valence-electron chi connectivity index (χ4n) is 4.46. The molecule has 0 atom stereocenters. The molecule has 2 rings (SSSR count). The van der Waals surface area contributed by atoms with Crippen LogP contribution in [0.2, 0.25) is 5.02 Å². The van der Waals surface area contributed by atoms with Crippen molar-refractivity contribution in [3.63, 3.8) is 0 Å². The molecule has 35 heavy (non-hydrogen) atoms. The molecule has 0 aliphatic carbocycles. The largest absolute Gasteiger partial charge is 0.333 e. The van der Waals surface area contributed by atoms with E-state index in [1.54, 1.807) is 21.9 Å². The molecule has 1 aromatic rings. The molecule has 0 saturated carbocycles. The Kier molecular flexibility index (Phi) is 13.2. The summed E-state index contributed by atoms with van der Waals surface area (Å²) in [5.74, 6) is -0.273. The zero-order valence-corrected chi connectivity index (χ0v) is 22.7. The average molecular weight is 506 g/mol. The van der Waals surface area contributed by atoms with Crippen LogP contribution < -0.4 is 4.90 Å². The highest BCUT2D eigenvalue weighted by Crippen LogP contribution is 2.28. The summed E-state index contributed by atoms with van der Waals surface area (Å²) in [6.07, 6.45) is 13.2. The van der Waals surface area contributed by atoms with Gasteiger partial charge in [0, 0.05) is 23.7 Å². The minimum absolute atomic E-state index is 0.0266. The SMILES string of the molecule is CCCCCCCCCCCC(=O)N(CCCC)CC(=O)N1CC(=O)N(c2cccc(Cl)c2C)C1. The van der Waals surface area contributed by atoms with Gasteiger partial charge in [0.15, 0.2) is 0 Å². The summed E-state index contributed by atoms with van der Waals surface area (Å²) in [5, 5.41) is 0.591. The number of halogens is 1. The van der Waals surface area contributed by atoms with Crippen LogP contribution in [0.15, 0.2) is 18.2 Å². The van der Waals surface area contributed by atoms with Crippen LogP contribution >= 0.6 is 11.6 Å². The van der Waals surface area contributed by atoms with Gasteiger partial charge in [-0.15, -0.1) is 0 Å². The molecule has 1 saturated heterocycles. The Balaban J connectivity index is 1.83. The van der Waals surface area contributed by atoms with E-state index in [0.717, 1.165) is 36.9 Å². The first-order chi connectivity index (χ1) is 16.9. The minimum atomic E-state index is -0.183. The number of benzene rings is 1. The molecule has 196 valence electrons. The van der Waals surface area contributed by atoms with Gasteiger partial charge in [-0.1, -0.05) is 89.3 Å². The van der Waals surface area contributed by atoms with E-state index in [1.165, 1.54) is 49.8 Å². The molecular weight excluding hydrogens is 462 g/mol. The van der Waals surface area contributed by atoms with Gasteiger partial charge in [-0.3, -0.25) is 19.3 Å². The molecule has 0 bridgehead atoms. The Morgan fingerprint density at radius 2 is 1.57 bits per heavy atom. The van der Waals surface area contributed by atoms with Crippen LogP contribution in [-0.2, 0) is 14.4 Å². The lowest BCUT2D eigenvalue weighted by Gasteiger charge is -2.25. The van der Waals surface area contributed by atoms with Gasteiger partial charge in [-0.2, -0.15) is 0 Å². The fourth-order valence-corrected chi connectivity index (χ4v) is 4.63. The van der Waals surface area contributed by atoms with Gasteiger partial charge in [-0.25, -0.2) is 0 Å². The lowest BCUT2D eigenvalue weighted by Crippen LogP contribution is -2.43. The number of anilines is 1. The Hall–Kier alpha value is -2.08. The maximum Gasteiger partial charge on any atom is 0.248 e. The number of hydrogen-bond acceptors (Lipinski definition) is 3. The van der Waals surface area contributed by atoms with Crippen LogP contribution in [0.4, 0.5) is 5.69 Å². The van der Waals surface area contributed by atoms with E-state index in [4.69, 9.17) is 11.6 Å². The lowest BCUT2D eigenvalue weighted by molar-refractivity contribution is -0.140. The van der Waals surface area contributed by atoms with Crippen molar-refractivity contribution in [3.05, 3.63) is 28.8 Å². The van der Waals surface area contributed by atoms with Crippen molar-refractivity contribution in [2.75, 3.05) is 31.2 Å². The standard InChI is InChI=1S/C28H44ClN3O3/c1-4-6-8-9-10-11-12-13-14-18-26(33)30(19-7-5-2)20-27(34)31-21-28(35)32(22-31)25-17-15-16-24(29)23(25)3/h15-17H,4-14,18-22H2,1-3H3. The molecule has 0 N–H and O–H groups in total. The third-order valence-corrected chi connectivity index (χ3v) is 7.19. The molecule has 0 unspecified atom stereocenters. The first-order valence-corrected chi connectivity index (χ1v) is 13.9. The van der Waals surface area contributed by atoms with Crippen molar-refractivity contribution in [1.29, 1.82) is 0 Å². The van der Waals surface area contributed by atoms with E-state index in [-0.39, 0.29) is 37.5 Å². The molecule has 6 nitrogen and oxygen atoms in total. The van der Waals surface area contributed by atoms with E-state index in [9.17, 15) is 14.4 Å². The van der Waals surface area contributed by atoms with Crippen molar-refractivity contribution < 1.29 is 14.4 Å². The van der Waals surface area contributed by atoms with Crippen molar-refractivity contribution in [3.8, 4) is 0 Å². The molecule has 1 fully saturated rings. The van der Waals surface area contributed by atoms with Crippen LogP contribution in [0, 0.1) is 6.92 Å². The van der Waals surface area contributed by atoms with Gasteiger partial charge in [0.25, 0.3) is 0 Å². The molecule has 1 heterocycles. The van der Waals surface area contributed by atoms with E-state index in [0.29, 0.717) is 18.0 Å². The monoisotopic (exact) mass is 505 g/mol. The third-order valence-electron chi connectivity index (χ3n) is 6.78. The maximum atomic E-state index is 13.0. The van der Waals surface area contributed by atoms with Gasteiger partial charge >= 0.3 is 0 Å². The van der Waals surface area contributed by atoms with Crippen LogP contribution in [-0.4, -0.2) is 53.8 Å². The second kappa shape index (κ2) is 15.8. The Morgan fingerprint density at radius 1 is 0.943 bits per heavy atom. The molecule has 1 aliphatic heterocycles. The van der Waals surface area contributed by atoms with Gasteiger partial charge in [0.2, 0.25) is 17.7 Å². The van der Waals surface area contributed by atoms with Crippen molar-refractivity contribution in [2.45, 2.75) is 97.8 Å².